The first-order valence-corrected chi connectivity index (χ1v) is 12.7. The van der Waals surface area contributed by atoms with Crippen molar-refractivity contribution < 1.29 is 0 Å². The molecule has 0 saturated carbocycles. The lowest BCUT2D eigenvalue weighted by atomic mass is 10.0. The number of hydrogen-bond donors (Lipinski definition) is 0. The molecule has 3 rings (SSSR count). The molecular formula is C28H44N4. The van der Waals surface area contributed by atoms with Gasteiger partial charge >= 0.3 is 0 Å². The quantitative estimate of drug-likeness (QED) is 0.309. The molecule has 4 heteroatoms. The van der Waals surface area contributed by atoms with Crippen LogP contribution >= 0.6 is 0 Å². The van der Waals surface area contributed by atoms with E-state index >= 15 is 0 Å². The summed E-state index contributed by atoms with van der Waals surface area (Å²) < 4.78 is 7.28. The van der Waals surface area contributed by atoms with Crippen LogP contribution in [0.15, 0.2) is 36.5 Å². The first-order valence-electron chi connectivity index (χ1n) is 12.7. The Morgan fingerprint density at radius 1 is 0.750 bits per heavy atom. The summed E-state index contributed by atoms with van der Waals surface area (Å²) in [6.07, 6.45) is 5.19. The zero-order chi connectivity index (χ0) is 23.4. The molecule has 3 heterocycles. The molecule has 0 fully saturated rings. The second kappa shape index (κ2) is 10.6. The van der Waals surface area contributed by atoms with E-state index in [-0.39, 0.29) is 0 Å². The topological polar surface area (TPSA) is 27.7 Å². The van der Waals surface area contributed by atoms with Gasteiger partial charge in [0.05, 0.1) is 0 Å². The van der Waals surface area contributed by atoms with Gasteiger partial charge in [0.15, 0.2) is 0 Å². The van der Waals surface area contributed by atoms with Crippen molar-refractivity contribution in [1.29, 1.82) is 0 Å². The Hall–Kier alpha value is -2.23. The van der Waals surface area contributed by atoms with Crippen molar-refractivity contribution in [3.05, 3.63) is 65.0 Å². The molecule has 0 spiro atoms. The molecule has 0 saturated heterocycles. The molecule has 0 bridgehead atoms. The Kier molecular flexibility index (Phi) is 8.08. The predicted octanol–water partition coefficient (Wildman–Crippen LogP) is 7.31. The third-order valence-corrected chi connectivity index (χ3v) is 6.79. The highest BCUT2D eigenvalue weighted by Crippen LogP contribution is 2.30. The highest BCUT2D eigenvalue weighted by atomic mass is 15.3. The first kappa shape index (κ1) is 24.4. The summed E-state index contributed by atoms with van der Waals surface area (Å²) in [6, 6.07) is 12.1. The summed E-state index contributed by atoms with van der Waals surface area (Å²) in [4.78, 5) is 0. The molecule has 2 atom stereocenters. The lowest BCUT2D eigenvalue weighted by molar-refractivity contribution is 0.517. The van der Waals surface area contributed by atoms with Gasteiger partial charge < -0.3 is 9.13 Å². The van der Waals surface area contributed by atoms with E-state index in [1.807, 2.05) is 6.20 Å². The van der Waals surface area contributed by atoms with Crippen LogP contribution in [0.25, 0.3) is 0 Å². The van der Waals surface area contributed by atoms with Gasteiger partial charge in [-0.1, -0.05) is 34.6 Å². The van der Waals surface area contributed by atoms with Crippen LogP contribution in [0.5, 0.6) is 0 Å². The van der Waals surface area contributed by atoms with Crippen LogP contribution < -0.4 is 0 Å². The lowest BCUT2D eigenvalue weighted by Crippen LogP contribution is -2.15. The van der Waals surface area contributed by atoms with Gasteiger partial charge in [-0.05, 0) is 76.3 Å². The summed E-state index contributed by atoms with van der Waals surface area (Å²) in [5, 5.41) is 4.54. The van der Waals surface area contributed by atoms with Crippen molar-refractivity contribution in [2.45, 2.75) is 112 Å². The summed E-state index contributed by atoms with van der Waals surface area (Å²) in [6.45, 7) is 20.4. The molecule has 0 N–H and O–H groups in total. The van der Waals surface area contributed by atoms with Gasteiger partial charge in [0, 0.05) is 65.6 Å². The minimum atomic E-state index is 0.458. The van der Waals surface area contributed by atoms with E-state index in [1.165, 1.54) is 28.5 Å². The fourth-order valence-electron chi connectivity index (χ4n) is 5.29. The Bertz CT molecular complexity index is 985. The van der Waals surface area contributed by atoms with E-state index in [9.17, 15) is 0 Å². The van der Waals surface area contributed by atoms with Crippen molar-refractivity contribution in [2.24, 2.45) is 0 Å². The van der Waals surface area contributed by atoms with Crippen molar-refractivity contribution in [3.8, 4) is 0 Å². The Morgan fingerprint density at radius 2 is 1.38 bits per heavy atom. The van der Waals surface area contributed by atoms with Gasteiger partial charge in [0.1, 0.15) is 0 Å². The van der Waals surface area contributed by atoms with Gasteiger partial charge in [-0.15, -0.1) is 0 Å². The third kappa shape index (κ3) is 5.05. The molecular weight excluding hydrogens is 392 g/mol. The van der Waals surface area contributed by atoms with Crippen LogP contribution in [0.1, 0.15) is 114 Å². The molecule has 0 aliphatic carbocycles. The normalized spacial score (nSPS) is 13.9. The second-order valence-electron chi connectivity index (χ2n) is 10.1. The van der Waals surface area contributed by atoms with Gasteiger partial charge in [0.25, 0.3) is 0 Å². The molecule has 176 valence electrons. The van der Waals surface area contributed by atoms with Gasteiger partial charge in [-0.25, -0.2) is 0 Å². The van der Waals surface area contributed by atoms with Crippen LogP contribution in [0.3, 0.4) is 0 Å². The molecule has 0 aliphatic heterocycles. The predicted molar refractivity (Wildman–Crippen MR) is 136 cm³/mol. The number of aromatic nitrogens is 4. The van der Waals surface area contributed by atoms with Gasteiger partial charge in [0.2, 0.25) is 0 Å². The van der Waals surface area contributed by atoms with Crippen LogP contribution in [0.2, 0.25) is 0 Å². The summed E-state index contributed by atoms with van der Waals surface area (Å²) >= 11 is 0. The average molecular weight is 437 g/mol. The minimum Gasteiger partial charge on any atom is -0.349 e. The fraction of sp³-hybridized carbons (Fsp3) is 0.607. The van der Waals surface area contributed by atoms with Crippen molar-refractivity contribution in [1.82, 2.24) is 18.9 Å². The number of nitrogens with zero attached hydrogens (tertiary/aromatic N) is 4. The number of aryl methyl sites for hydroxylation is 1. The maximum atomic E-state index is 4.54. The van der Waals surface area contributed by atoms with E-state index in [2.05, 4.69) is 105 Å². The highest BCUT2D eigenvalue weighted by molar-refractivity contribution is 5.26. The molecule has 0 radical (unpaired) electrons. The van der Waals surface area contributed by atoms with Gasteiger partial charge in [-0.3, -0.25) is 4.68 Å². The second-order valence-corrected chi connectivity index (χ2v) is 10.1. The molecule has 0 amide bonds. The Labute approximate surface area is 195 Å². The number of hydrogen-bond acceptors (Lipinski definition) is 1. The minimum absolute atomic E-state index is 0.458. The van der Waals surface area contributed by atoms with Crippen molar-refractivity contribution >= 4 is 0 Å². The molecule has 32 heavy (non-hydrogen) atoms. The largest absolute Gasteiger partial charge is 0.349 e. The summed E-state index contributed by atoms with van der Waals surface area (Å²) in [5.74, 6) is 1.49. The van der Waals surface area contributed by atoms with Crippen LogP contribution in [-0.2, 0) is 25.9 Å². The SMILES string of the molecule is CCCn1nccc1C(C)Cc1ccc(C(C)Cc2ccc(C(C)C)n2C(C)C)n1CC. The number of rotatable bonds is 11. The van der Waals surface area contributed by atoms with E-state index in [0.717, 1.165) is 32.4 Å². The Balaban J connectivity index is 1.81. The van der Waals surface area contributed by atoms with Gasteiger partial charge in [-0.2, -0.15) is 5.10 Å². The monoisotopic (exact) mass is 436 g/mol. The lowest BCUT2D eigenvalue weighted by Gasteiger charge is -2.22. The molecule has 4 nitrogen and oxygen atoms in total. The Morgan fingerprint density at radius 3 is 2.00 bits per heavy atom. The summed E-state index contributed by atoms with van der Waals surface area (Å²) in [5.41, 5.74) is 7.15. The average Bonchev–Trinajstić information content (AvgIpc) is 3.46. The van der Waals surface area contributed by atoms with E-state index in [4.69, 9.17) is 0 Å². The maximum Gasteiger partial charge on any atom is 0.0492 e. The zero-order valence-corrected chi connectivity index (χ0v) is 21.6. The molecule has 0 aliphatic rings. The van der Waals surface area contributed by atoms with Crippen molar-refractivity contribution in [3.63, 3.8) is 0 Å². The van der Waals surface area contributed by atoms with E-state index in [1.54, 1.807) is 0 Å². The molecule has 3 aromatic rings. The van der Waals surface area contributed by atoms with Crippen molar-refractivity contribution in [2.75, 3.05) is 0 Å². The smallest absolute Gasteiger partial charge is 0.0492 e. The highest BCUT2D eigenvalue weighted by Gasteiger charge is 2.20. The standard InChI is InChI=1S/C28H44N4/c1-9-17-31-28(15-16-29-31)23(8)18-24-11-14-27(30(24)10-2)22(7)19-25-12-13-26(20(3)4)32(25)21(5)6/h11-16,20-23H,9-10,17-19H2,1-8H3. The van der Waals surface area contributed by atoms with Crippen LogP contribution in [0, 0.1) is 0 Å². The molecule has 2 unspecified atom stereocenters. The third-order valence-electron chi connectivity index (χ3n) is 6.79. The van der Waals surface area contributed by atoms with Crippen LogP contribution in [0.4, 0.5) is 0 Å². The fourth-order valence-corrected chi connectivity index (χ4v) is 5.29. The van der Waals surface area contributed by atoms with Crippen LogP contribution in [-0.4, -0.2) is 18.9 Å². The maximum absolute atomic E-state index is 4.54. The van der Waals surface area contributed by atoms with E-state index in [0.29, 0.717) is 23.8 Å². The molecule has 3 aromatic heterocycles. The van der Waals surface area contributed by atoms with E-state index < -0.39 is 0 Å². The summed E-state index contributed by atoms with van der Waals surface area (Å²) in [7, 11) is 0. The zero-order valence-electron chi connectivity index (χ0n) is 21.6. The molecule has 0 aromatic carbocycles. The first-order chi connectivity index (χ1) is 15.3.